The van der Waals surface area contributed by atoms with Crippen LogP contribution in [0.2, 0.25) is 0 Å². The van der Waals surface area contributed by atoms with E-state index in [0.29, 0.717) is 17.3 Å². The summed E-state index contributed by atoms with van der Waals surface area (Å²) in [6, 6.07) is 23.8. The monoisotopic (exact) mass is 738 g/mol. The second-order valence-corrected chi connectivity index (χ2v) is 16.3. The number of nitrogens with one attached hydrogen (secondary N) is 1. The van der Waals surface area contributed by atoms with E-state index in [4.69, 9.17) is 4.74 Å². The number of carbonyl (C=O) groups is 2. The fourth-order valence-corrected chi connectivity index (χ4v) is 7.87. The third-order valence-corrected chi connectivity index (χ3v) is 12.0. The summed E-state index contributed by atoms with van der Waals surface area (Å²) in [5.74, 6) is 0.669. The number of rotatable bonds is 14. The van der Waals surface area contributed by atoms with Crippen LogP contribution in [0.1, 0.15) is 98.1 Å². The molecule has 6 rings (SSSR count). The van der Waals surface area contributed by atoms with Crippen LogP contribution in [0, 0.1) is 0 Å². The number of anilines is 2. The lowest BCUT2D eigenvalue weighted by molar-refractivity contribution is -0.123. The molecule has 2 aliphatic rings. The number of benzene rings is 3. The highest BCUT2D eigenvalue weighted by atomic mass is 32.2. The first-order valence-corrected chi connectivity index (χ1v) is 19.8. The number of tetrazole rings is 1. The summed E-state index contributed by atoms with van der Waals surface area (Å²) in [6.07, 6.45) is 4.64. The average molecular weight is 739 g/mol. The summed E-state index contributed by atoms with van der Waals surface area (Å²) in [7, 11) is 0. The van der Waals surface area contributed by atoms with Crippen LogP contribution in [-0.4, -0.2) is 73.1 Å². The smallest absolute Gasteiger partial charge is 0.265 e. The molecular formula is C41H54N8O3S. The van der Waals surface area contributed by atoms with E-state index < -0.39 is 12.3 Å². The Kier molecular flexibility index (Phi) is 11.9. The van der Waals surface area contributed by atoms with Crippen molar-refractivity contribution < 1.29 is 14.3 Å². The van der Waals surface area contributed by atoms with E-state index in [1.807, 2.05) is 77.0 Å². The SMILES string of the molecule is CCC(Oc1ccc(C(C)(C)CC)cc1C(C)(C)CC)C(=O)Nc1ccc(N2CC(=O)C(N3CCCCC3)N2Sc2nnnn2-c2ccccc2)cc1. The molecule has 1 N–H and O–H groups in total. The molecule has 0 saturated carbocycles. The van der Waals surface area contributed by atoms with Crippen molar-refractivity contribution in [2.45, 2.75) is 115 Å². The summed E-state index contributed by atoms with van der Waals surface area (Å²) < 4.78 is 10.2. The molecule has 0 bridgehead atoms. The number of para-hydroxylation sites is 1. The highest BCUT2D eigenvalue weighted by Gasteiger charge is 2.44. The quantitative estimate of drug-likeness (QED) is 0.128. The van der Waals surface area contributed by atoms with Gasteiger partial charge in [-0.15, -0.1) is 4.41 Å². The third kappa shape index (κ3) is 8.45. The van der Waals surface area contributed by atoms with Gasteiger partial charge in [0.2, 0.25) is 5.16 Å². The molecule has 1 aromatic heterocycles. The van der Waals surface area contributed by atoms with Crippen LogP contribution < -0.4 is 15.1 Å². The molecule has 4 aromatic rings. The lowest BCUT2D eigenvalue weighted by Gasteiger charge is -2.37. The topological polar surface area (TPSA) is 109 Å². The zero-order valence-electron chi connectivity index (χ0n) is 32.2. The van der Waals surface area contributed by atoms with Crippen LogP contribution in [0.4, 0.5) is 11.4 Å². The van der Waals surface area contributed by atoms with Crippen molar-refractivity contribution in [2.24, 2.45) is 0 Å². The number of nitrogens with zero attached hydrogens (tertiary/aromatic N) is 7. The van der Waals surface area contributed by atoms with Crippen LogP contribution in [0.5, 0.6) is 5.75 Å². The first-order chi connectivity index (χ1) is 25.5. The molecule has 2 aliphatic heterocycles. The number of hydrogen-bond acceptors (Lipinski definition) is 10. The Labute approximate surface area is 318 Å². The van der Waals surface area contributed by atoms with Gasteiger partial charge in [0.15, 0.2) is 18.1 Å². The molecule has 1 amide bonds. The van der Waals surface area contributed by atoms with E-state index in [1.165, 1.54) is 23.9 Å². The number of likely N-dealkylation sites (tertiary alicyclic amines) is 1. The van der Waals surface area contributed by atoms with Crippen LogP contribution in [0.3, 0.4) is 0 Å². The molecule has 0 radical (unpaired) electrons. The van der Waals surface area contributed by atoms with Gasteiger partial charge in [-0.2, -0.15) is 4.68 Å². The standard InChI is InChI=1S/C41H54N8O3S/c1-8-35(52-36-24-19-29(40(4,5)9-2)27-33(36)41(6,7)10-3)37(51)42-30-20-22-31(23-21-30)47-28-34(50)38(46-25-15-12-16-26-46)49(47)53-39-43-44-45-48(39)32-17-13-11-14-18-32/h11,13-14,17-24,27,35,38H,8-10,12,15-16,25-26,28H2,1-7H3,(H,42,51). The van der Waals surface area contributed by atoms with Gasteiger partial charge in [0.1, 0.15) is 5.75 Å². The van der Waals surface area contributed by atoms with Gasteiger partial charge in [-0.1, -0.05) is 90.3 Å². The third-order valence-electron chi connectivity index (χ3n) is 11.0. The second-order valence-electron chi connectivity index (χ2n) is 15.3. The molecule has 2 atom stereocenters. The normalized spacial score (nSPS) is 18.0. The minimum absolute atomic E-state index is 0.0378. The van der Waals surface area contributed by atoms with Gasteiger partial charge in [-0.25, -0.2) is 0 Å². The first kappa shape index (κ1) is 38.5. The van der Waals surface area contributed by atoms with E-state index >= 15 is 0 Å². The molecule has 0 aliphatic carbocycles. The molecular weight excluding hydrogens is 685 g/mol. The first-order valence-electron chi connectivity index (χ1n) is 19.0. The van der Waals surface area contributed by atoms with Crippen LogP contribution in [0.15, 0.2) is 78.0 Å². The van der Waals surface area contributed by atoms with E-state index in [2.05, 4.69) is 79.4 Å². The fraction of sp³-hybridized carbons (Fsp3) is 0.488. The fourth-order valence-electron chi connectivity index (χ4n) is 6.81. The molecule has 11 nitrogen and oxygen atoms in total. The van der Waals surface area contributed by atoms with E-state index in [0.717, 1.165) is 61.5 Å². The van der Waals surface area contributed by atoms with E-state index in [-0.39, 0.29) is 29.1 Å². The highest BCUT2D eigenvalue weighted by molar-refractivity contribution is 7.97. The predicted molar refractivity (Wildman–Crippen MR) is 211 cm³/mol. The van der Waals surface area contributed by atoms with Gasteiger partial charge in [-0.05, 0) is 101 Å². The van der Waals surface area contributed by atoms with E-state index in [1.54, 1.807) is 4.68 Å². The Morgan fingerprint density at radius 3 is 2.26 bits per heavy atom. The van der Waals surface area contributed by atoms with Gasteiger partial charge < -0.3 is 10.1 Å². The van der Waals surface area contributed by atoms with Crippen molar-refractivity contribution in [1.29, 1.82) is 0 Å². The van der Waals surface area contributed by atoms with Gasteiger partial charge >= 0.3 is 0 Å². The molecule has 3 aromatic carbocycles. The van der Waals surface area contributed by atoms with Crippen molar-refractivity contribution >= 4 is 35.0 Å². The molecule has 3 heterocycles. The Morgan fingerprint density at radius 1 is 0.906 bits per heavy atom. The molecule has 0 spiro atoms. The number of aromatic nitrogens is 4. The Bertz CT molecular complexity index is 1860. The maximum atomic E-state index is 13.7. The number of hydrazine groups is 1. The van der Waals surface area contributed by atoms with Crippen LogP contribution in [0.25, 0.3) is 5.69 Å². The maximum Gasteiger partial charge on any atom is 0.265 e. The van der Waals surface area contributed by atoms with Crippen molar-refractivity contribution in [3.63, 3.8) is 0 Å². The van der Waals surface area contributed by atoms with Gasteiger partial charge in [0, 0.05) is 36.3 Å². The zero-order valence-corrected chi connectivity index (χ0v) is 33.0. The number of carbonyl (C=O) groups excluding carboxylic acids is 2. The second kappa shape index (κ2) is 16.4. The Morgan fingerprint density at radius 2 is 1.60 bits per heavy atom. The average Bonchev–Trinajstić information content (AvgIpc) is 3.78. The van der Waals surface area contributed by atoms with Crippen LogP contribution >= 0.6 is 11.9 Å². The Hall–Kier alpha value is -4.26. The summed E-state index contributed by atoms with van der Waals surface area (Å²) >= 11 is 1.36. The predicted octanol–water partition coefficient (Wildman–Crippen LogP) is 7.96. The number of ether oxygens (including phenoxy) is 1. The van der Waals surface area contributed by atoms with E-state index in [9.17, 15) is 9.59 Å². The summed E-state index contributed by atoms with van der Waals surface area (Å²) in [4.78, 5) is 29.7. The lowest BCUT2D eigenvalue weighted by Crippen LogP contribution is -2.50. The van der Waals surface area contributed by atoms with Gasteiger partial charge in [0.05, 0.1) is 17.9 Å². The van der Waals surface area contributed by atoms with Gasteiger partial charge in [0.25, 0.3) is 5.91 Å². The highest BCUT2D eigenvalue weighted by Crippen LogP contribution is 2.40. The van der Waals surface area contributed by atoms with Crippen molar-refractivity contribution in [3.05, 3.63) is 83.9 Å². The minimum Gasteiger partial charge on any atom is -0.480 e. The Balaban J connectivity index is 1.21. The van der Waals surface area contributed by atoms with Gasteiger partial charge in [-0.3, -0.25) is 19.5 Å². The minimum atomic E-state index is -0.671. The molecule has 53 heavy (non-hydrogen) atoms. The summed E-state index contributed by atoms with van der Waals surface area (Å²) in [5.41, 5.74) is 4.63. The molecule has 2 unspecified atom stereocenters. The van der Waals surface area contributed by atoms with Crippen molar-refractivity contribution in [1.82, 2.24) is 29.5 Å². The largest absolute Gasteiger partial charge is 0.480 e. The van der Waals surface area contributed by atoms with Crippen molar-refractivity contribution in [2.75, 3.05) is 30.0 Å². The molecule has 282 valence electrons. The summed E-state index contributed by atoms with van der Waals surface area (Å²) in [5, 5.41) is 18.2. The molecule has 2 saturated heterocycles. The lowest BCUT2D eigenvalue weighted by atomic mass is 9.76. The molecule has 2 fully saturated rings. The summed E-state index contributed by atoms with van der Waals surface area (Å²) in [6.45, 7) is 17.3. The zero-order chi connectivity index (χ0) is 37.8. The number of amides is 1. The number of ketones is 1. The van der Waals surface area contributed by atoms with Crippen LogP contribution in [-0.2, 0) is 20.4 Å². The number of hydrogen-bond donors (Lipinski definition) is 1. The maximum absolute atomic E-state index is 13.7. The molecule has 12 heteroatoms. The van der Waals surface area contributed by atoms with Crippen molar-refractivity contribution in [3.8, 4) is 11.4 Å². The number of piperidine rings is 1. The number of Topliss-reactive ketones (excluding diaryl/α,β-unsaturated/α-hetero) is 1.